The van der Waals surface area contributed by atoms with E-state index < -0.39 is 0 Å². The summed E-state index contributed by atoms with van der Waals surface area (Å²) in [5, 5.41) is 1.17. The molecule has 0 radical (unpaired) electrons. The van der Waals surface area contributed by atoms with Gasteiger partial charge < -0.3 is 0 Å². The first-order valence-electron chi connectivity index (χ1n) is 7.08. The summed E-state index contributed by atoms with van der Waals surface area (Å²) in [5.74, 6) is 0.745. The summed E-state index contributed by atoms with van der Waals surface area (Å²) in [6.07, 6.45) is 1.63. The second-order valence-corrected chi connectivity index (χ2v) is 6.68. The maximum absolute atomic E-state index is 13.0. The van der Waals surface area contributed by atoms with Gasteiger partial charge in [0.1, 0.15) is 5.82 Å². The van der Waals surface area contributed by atoms with E-state index >= 15 is 0 Å². The van der Waals surface area contributed by atoms with Gasteiger partial charge >= 0.3 is 0 Å². The molecule has 0 saturated carbocycles. The molecule has 0 aliphatic rings. The van der Waals surface area contributed by atoms with Crippen molar-refractivity contribution in [2.24, 2.45) is 0 Å². The van der Waals surface area contributed by atoms with E-state index in [0.29, 0.717) is 16.1 Å². The van der Waals surface area contributed by atoms with Crippen LogP contribution in [0.25, 0.3) is 16.6 Å². The maximum Gasteiger partial charge on any atom is 0.266 e. The zero-order valence-corrected chi connectivity index (χ0v) is 14.9. The van der Waals surface area contributed by atoms with Gasteiger partial charge in [-0.15, -0.1) is 0 Å². The SMILES string of the molecule is CCCc1nc2ccc(I)cc2c(=O)n1-c1ccccc1Cl. The van der Waals surface area contributed by atoms with Gasteiger partial charge in [-0.05, 0) is 59.3 Å². The number of hydrogen-bond donors (Lipinski definition) is 0. The average molecular weight is 425 g/mol. The molecule has 3 aromatic rings. The summed E-state index contributed by atoms with van der Waals surface area (Å²) in [4.78, 5) is 17.7. The van der Waals surface area contributed by atoms with Crippen molar-refractivity contribution in [1.29, 1.82) is 0 Å². The molecule has 0 saturated heterocycles. The minimum atomic E-state index is -0.0694. The van der Waals surface area contributed by atoms with Crippen LogP contribution >= 0.6 is 34.2 Å². The lowest BCUT2D eigenvalue weighted by Crippen LogP contribution is -2.24. The third kappa shape index (κ3) is 2.77. The van der Waals surface area contributed by atoms with Crippen LogP contribution in [-0.2, 0) is 6.42 Å². The molecule has 0 bridgehead atoms. The molecular formula is C17H14ClIN2O. The molecule has 2 aromatic carbocycles. The number of aryl methyl sites for hydroxylation is 1. The van der Waals surface area contributed by atoms with Crippen molar-refractivity contribution in [3.8, 4) is 5.69 Å². The van der Waals surface area contributed by atoms with E-state index in [1.807, 2.05) is 36.4 Å². The van der Waals surface area contributed by atoms with Crippen molar-refractivity contribution < 1.29 is 0 Å². The Morgan fingerprint density at radius 3 is 2.73 bits per heavy atom. The van der Waals surface area contributed by atoms with E-state index in [2.05, 4.69) is 34.5 Å². The number of aromatic nitrogens is 2. The van der Waals surface area contributed by atoms with Crippen molar-refractivity contribution in [2.75, 3.05) is 0 Å². The van der Waals surface area contributed by atoms with Crippen LogP contribution in [0.5, 0.6) is 0 Å². The Morgan fingerprint density at radius 2 is 2.00 bits per heavy atom. The van der Waals surface area contributed by atoms with Crippen molar-refractivity contribution in [2.45, 2.75) is 19.8 Å². The van der Waals surface area contributed by atoms with Crippen molar-refractivity contribution >= 4 is 45.1 Å². The van der Waals surface area contributed by atoms with Gasteiger partial charge in [0, 0.05) is 9.99 Å². The van der Waals surface area contributed by atoms with Crippen LogP contribution in [0.1, 0.15) is 19.2 Å². The van der Waals surface area contributed by atoms with Gasteiger partial charge in [0.15, 0.2) is 0 Å². The van der Waals surface area contributed by atoms with Crippen LogP contribution in [0.3, 0.4) is 0 Å². The maximum atomic E-state index is 13.0. The highest BCUT2D eigenvalue weighted by molar-refractivity contribution is 14.1. The molecule has 112 valence electrons. The van der Waals surface area contributed by atoms with Crippen molar-refractivity contribution in [3.05, 3.63) is 67.2 Å². The Hall–Kier alpha value is -1.40. The standard InChI is InChI=1S/C17H14ClIN2O/c1-2-5-16-20-14-9-8-11(19)10-12(14)17(22)21(16)15-7-4-3-6-13(15)18/h3-4,6-10H,2,5H2,1H3. The van der Waals surface area contributed by atoms with Crippen molar-refractivity contribution in [3.63, 3.8) is 0 Å². The van der Waals surface area contributed by atoms with E-state index in [4.69, 9.17) is 11.6 Å². The second kappa shape index (κ2) is 6.38. The number of rotatable bonds is 3. The fourth-order valence-corrected chi connectivity index (χ4v) is 3.19. The van der Waals surface area contributed by atoms with Gasteiger partial charge in [-0.3, -0.25) is 9.36 Å². The smallest absolute Gasteiger partial charge is 0.266 e. The van der Waals surface area contributed by atoms with Gasteiger partial charge in [-0.1, -0.05) is 30.7 Å². The molecule has 0 spiro atoms. The molecule has 1 aromatic heterocycles. The lowest BCUT2D eigenvalue weighted by Gasteiger charge is -2.14. The first-order valence-corrected chi connectivity index (χ1v) is 8.53. The molecule has 5 heteroatoms. The summed E-state index contributed by atoms with van der Waals surface area (Å²) in [7, 11) is 0. The largest absolute Gasteiger partial charge is 0.268 e. The predicted octanol–water partition coefficient (Wildman–Crippen LogP) is 4.60. The fraction of sp³-hybridized carbons (Fsp3) is 0.176. The van der Waals surface area contributed by atoms with Gasteiger partial charge in [-0.2, -0.15) is 0 Å². The number of para-hydroxylation sites is 1. The Morgan fingerprint density at radius 1 is 1.23 bits per heavy atom. The number of hydrogen-bond acceptors (Lipinski definition) is 2. The first kappa shape index (κ1) is 15.5. The van der Waals surface area contributed by atoms with E-state index in [9.17, 15) is 4.79 Å². The molecule has 1 heterocycles. The molecule has 0 fully saturated rings. The monoisotopic (exact) mass is 424 g/mol. The molecule has 0 N–H and O–H groups in total. The van der Waals surface area contributed by atoms with Gasteiger partial charge in [0.25, 0.3) is 5.56 Å². The molecule has 0 unspecified atom stereocenters. The lowest BCUT2D eigenvalue weighted by molar-refractivity contribution is 0.774. The van der Waals surface area contributed by atoms with Crippen LogP contribution < -0.4 is 5.56 Å². The van der Waals surface area contributed by atoms with Crippen LogP contribution in [0, 0.1) is 3.57 Å². The Kier molecular flexibility index (Phi) is 4.49. The van der Waals surface area contributed by atoms with Crippen LogP contribution in [0.15, 0.2) is 47.3 Å². The van der Waals surface area contributed by atoms with Crippen molar-refractivity contribution in [1.82, 2.24) is 9.55 Å². The number of halogens is 2. The highest BCUT2D eigenvalue weighted by atomic mass is 127. The lowest BCUT2D eigenvalue weighted by atomic mass is 10.2. The topological polar surface area (TPSA) is 34.9 Å². The normalized spacial score (nSPS) is 11.0. The third-order valence-electron chi connectivity index (χ3n) is 3.47. The fourth-order valence-electron chi connectivity index (χ4n) is 2.48. The van der Waals surface area contributed by atoms with Gasteiger partial charge in [-0.25, -0.2) is 4.98 Å². The quantitative estimate of drug-likeness (QED) is 0.576. The highest BCUT2D eigenvalue weighted by Gasteiger charge is 2.14. The van der Waals surface area contributed by atoms with E-state index in [0.717, 1.165) is 27.8 Å². The van der Waals surface area contributed by atoms with Crippen LogP contribution in [0.4, 0.5) is 0 Å². The minimum absolute atomic E-state index is 0.0694. The molecule has 0 amide bonds. The number of benzene rings is 2. The molecule has 22 heavy (non-hydrogen) atoms. The van der Waals surface area contributed by atoms with Crippen LogP contribution in [0.2, 0.25) is 5.02 Å². The first-order chi connectivity index (χ1) is 10.6. The average Bonchev–Trinajstić information content (AvgIpc) is 2.50. The summed E-state index contributed by atoms with van der Waals surface area (Å²) >= 11 is 8.50. The Balaban J connectivity index is 2.41. The zero-order valence-electron chi connectivity index (χ0n) is 12.0. The highest BCUT2D eigenvalue weighted by Crippen LogP contribution is 2.22. The molecular weight excluding hydrogens is 411 g/mol. The summed E-state index contributed by atoms with van der Waals surface area (Å²) in [6, 6.07) is 13.1. The molecule has 3 rings (SSSR count). The Labute approximate surface area is 147 Å². The second-order valence-electron chi connectivity index (χ2n) is 5.03. The summed E-state index contributed by atoms with van der Waals surface area (Å²) in [6.45, 7) is 2.07. The third-order valence-corrected chi connectivity index (χ3v) is 4.46. The van der Waals surface area contributed by atoms with Gasteiger partial charge in [0.2, 0.25) is 0 Å². The van der Waals surface area contributed by atoms with Crippen LogP contribution in [-0.4, -0.2) is 9.55 Å². The zero-order chi connectivity index (χ0) is 15.7. The van der Waals surface area contributed by atoms with E-state index in [1.54, 1.807) is 10.6 Å². The molecule has 0 atom stereocenters. The summed E-state index contributed by atoms with van der Waals surface area (Å²) in [5.41, 5.74) is 1.35. The molecule has 0 aliphatic carbocycles. The molecule has 3 nitrogen and oxygen atoms in total. The van der Waals surface area contributed by atoms with Gasteiger partial charge in [0.05, 0.1) is 21.6 Å². The van der Waals surface area contributed by atoms with E-state index in [1.165, 1.54) is 0 Å². The Bertz CT molecular complexity index is 905. The number of fused-ring (bicyclic) bond motifs is 1. The summed E-state index contributed by atoms with van der Waals surface area (Å²) < 4.78 is 2.66. The molecule has 0 aliphatic heterocycles. The predicted molar refractivity (Wildman–Crippen MR) is 99.1 cm³/mol. The number of nitrogens with zero attached hydrogens (tertiary/aromatic N) is 2. The minimum Gasteiger partial charge on any atom is -0.268 e. The van der Waals surface area contributed by atoms with E-state index in [-0.39, 0.29) is 5.56 Å².